The van der Waals surface area contributed by atoms with Crippen molar-refractivity contribution in [1.29, 1.82) is 0 Å². The summed E-state index contributed by atoms with van der Waals surface area (Å²) in [6, 6.07) is 10.5. The van der Waals surface area contributed by atoms with Gasteiger partial charge < -0.3 is 14.2 Å². The van der Waals surface area contributed by atoms with Gasteiger partial charge in [-0.1, -0.05) is 35.5 Å². The van der Waals surface area contributed by atoms with Crippen molar-refractivity contribution < 1.29 is 14.1 Å². The van der Waals surface area contributed by atoms with Crippen LogP contribution in [0.2, 0.25) is 0 Å². The lowest BCUT2D eigenvalue weighted by atomic mass is 9.88. The molecule has 2 aromatic rings. The highest BCUT2D eigenvalue weighted by Crippen LogP contribution is 2.32. The van der Waals surface area contributed by atoms with E-state index in [1.807, 2.05) is 11.0 Å². The Bertz CT molecular complexity index is 682. The summed E-state index contributed by atoms with van der Waals surface area (Å²) < 4.78 is 11.1. The summed E-state index contributed by atoms with van der Waals surface area (Å²) in [6.07, 6.45) is 7.56. The topological polar surface area (TPSA) is 55.6 Å². The summed E-state index contributed by atoms with van der Waals surface area (Å²) in [4.78, 5) is 14.5. The second kappa shape index (κ2) is 7.40. The van der Waals surface area contributed by atoms with Gasteiger partial charge >= 0.3 is 0 Å². The summed E-state index contributed by atoms with van der Waals surface area (Å²) in [5.41, 5.74) is 1.82. The maximum Gasteiger partial charge on any atom is 0.258 e. The number of aromatic nitrogens is 1. The number of rotatable bonds is 6. The molecule has 1 aliphatic heterocycles. The molecule has 2 atom stereocenters. The van der Waals surface area contributed by atoms with Crippen molar-refractivity contribution >= 4 is 5.91 Å². The van der Waals surface area contributed by atoms with Crippen LogP contribution < -0.4 is 0 Å². The second-order valence-corrected chi connectivity index (χ2v) is 7.22. The van der Waals surface area contributed by atoms with Crippen LogP contribution in [0.25, 0.3) is 0 Å². The Morgan fingerprint density at radius 1 is 1.24 bits per heavy atom. The molecule has 1 saturated carbocycles. The summed E-state index contributed by atoms with van der Waals surface area (Å²) in [5.74, 6) is 1.08. The van der Waals surface area contributed by atoms with Crippen LogP contribution in [0.15, 0.2) is 47.3 Å². The molecule has 0 N–H and O–H groups in total. The largest absolute Gasteiger partial charge is 0.377 e. The second-order valence-electron chi connectivity index (χ2n) is 7.22. The Balaban J connectivity index is 1.45. The van der Waals surface area contributed by atoms with E-state index in [0.29, 0.717) is 18.0 Å². The summed E-state index contributed by atoms with van der Waals surface area (Å²) in [7, 11) is 0. The highest BCUT2D eigenvalue weighted by atomic mass is 16.5. The van der Waals surface area contributed by atoms with Crippen molar-refractivity contribution in [1.82, 2.24) is 10.1 Å². The van der Waals surface area contributed by atoms with Crippen LogP contribution >= 0.6 is 0 Å². The number of hydrogen-bond acceptors (Lipinski definition) is 4. The van der Waals surface area contributed by atoms with Gasteiger partial charge in [0, 0.05) is 25.6 Å². The number of hydrogen-bond donors (Lipinski definition) is 0. The third-order valence-corrected chi connectivity index (χ3v) is 5.21. The van der Waals surface area contributed by atoms with Gasteiger partial charge in [0.15, 0.2) is 0 Å². The van der Waals surface area contributed by atoms with Gasteiger partial charge in [-0.05, 0) is 37.2 Å². The van der Waals surface area contributed by atoms with E-state index in [1.165, 1.54) is 30.9 Å². The maximum absolute atomic E-state index is 12.6. The molecule has 0 spiro atoms. The molecule has 0 bridgehead atoms. The monoisotopic (exact) mass is 340 g/mol. The number of benzene rings is 1. The number of carbonyl (C=O) groups is 1. The van der Waals surface area contributed by atoms with E-state index < -0.39 is 0 Å². The number of carbonyl (C=O) groups excluding carboxylic acids is 1. The van der Waals surface area contributed by atoms with E-state index in [0.717, 1.165) is 31.9 Å². The molecule has 2 aliphatic rings. The van der Waals surface area contributed by atoms with Crippen molar-refractivity contribution in [2.75, 3.05) is 19.7 Å². The number of amides is 1. The van der Waals surface area contributed by atoms with Crippen molar-refractivity contribution in [3.05, 3.63) is 53.9 Å². The molecule has 1 aromatic carbocycles. The minimum atomic E-state index is -0.0000420. The average molecular weight is 340 g/mol. The first-order valence-corrected chi connectivity index (χ1v) is 9.14. The molecular formula is C20H24N2O3. The Morgan fingerprint density at radius 2 is 2.08 bits per heavy atom. The third kappa shape index (κ3) is 4.10. The van der Waals surface area contributed by atoms with E-state index >= 15 is 0 Å². The highest BCUT2D eigenvalue weighted by Gasteiger charge is 2.34. The first-order valence-electron chi connectivity index (χ1n) is 9.14. The van der Waals surface area contributed by atoms with E-state index in [4.69, 9.17) is 9.26 Å². The van der Waals surface area contributed by atoms with Crippen LogP contribution in [0.1, 0.15) is 35.2 Å². The van der Waals surface area contributed by atoms with Crippen LogP contribution in [0.3, 0.4) is 0 Å². The SMILES string of the molecule is O=C(c1cnoc1)N1CC[C@H](OCC2CC2)[C@@H](Cc2ccccc2)C1. The molecule has 4 rings (SSSR count). The van der Waals surface area contributed by atoms with E-state index in [1.54, 1.807) is 0 Å². The first kappa shape index (κ1) is 16.3. The highest BCUT2D eigenvalue weighted by molar-refractivity contribution is 5.93. The minimum absolute atomic E-state index is 0.0000420. The predicted molar refractivity (Wildman–Crippen MR) is 93.1 cm³/mol. The standard InChI is InChI=1S/C20H24N2O3/c23-20(18-11-21-25-14-18)22-9-8-19(24-13-16-6-7-16)17(12-22)10-15-4-2-1-3-5-15/h1-5,11,14,16-17,19H,6-10,12-13H2/t17-,19-/m0/s1. The molecule has 5 heteroatoms. The first-order chi connectivity index (χ1) is 12.3. The van der Waals surface area contributed by atoms with Gasteiger partial charge in [-0.2, -0.15) is 0 Å². The molecule has 1 amide bonds. The van der Waals surface area contributed by atoms with Crippen LogP contribution in [0.4, 0.5) is 0 Å². The van der Waals surface area contributed by atoms with Gasteiger partial charge in [0.1, 0.15) is 6.26 Å². The predicted octanol–water partition coefficient (Wildman–Crippen LogP) is 3.17. The van der Waals surface area contributed by atoms with Crippen LogP contribution in [-0.4, -0.2) is 41.8 Å². The lowest BCUT2D eigenvalue weighted by Gasteiger charge is -2.38. The molecule has 1 aromatic heterocycles. The molecule has 2 heterocycles. The lowest BCUT2D eigenvalue weighted by Crippen LogP contribution is -2.47. The normalized spacial score (nSPS) is 23.6. The van der Waals surface area contributed by atoms with Gasteiger partial charge in [0.05, 0.1) is 17.9 Å². The maximum atomic E-state index is 12.6. The number of ether oxygens (including phenoxy) is 1. The molecule has 132 valence electrons. The molecule has 2 fully saturated rings. The number of likely N-dealkylation sites (tertiary alicyclic amines) is 1. The van der Waals surface area contributed by atoms with Crippen LogP contribution in [0.5, 0.6) is 0 Å². The quantitative estimate of drug-likeness (QED) is 0.810. The minimum Gasteiger partial charge on any atom is -0.377 e. The zero-order valence-electron chi connectivity index (χ0n) is 14.3. The smallest absolute Gasteiger partial charge is 0.258 e. The van der Waals surface area contributed by atoms with Crippen molar-refractivity contribution in [3.63, 3.8) is 0 Å². The third-order valence-electron chi connectivity index (χ3n) is 5.21. The Kier molecular flexibility index (Phi) is 4.83. The van der Waals surface area contributed by atoms with Crippen molar-refractivity contribution in [2.45, 2.75) is 31.8 Å². The Labute approximate surface area is 147 Å². The zero-order chi connectivity index (χ0) is 17.1. The molecule has 0 radical (unpaired) electrons. The van der Waals surface area contributed by atoms with Crippen molar-refractivity contribution in [2.24, 2.45) is 11.8 Å². The summed E-state index contributed by atoms with van der Waals surface area (Å²) >= 11 is 0. The Morgan fingerprint density at radius 3 is 2.80 bits per heavy atom. The summed E-state index contributed by atoms with van der Waals surface area (Å²) in [5, 5.41) is 3.65. The Hall–Kier alpha value is -2.14. The fourth-order valence-electron chi connectivity index (χ4n) is 3.56. The van der Waals surface area contributed by atoms with E-state index in [9.17, 15) is 4.79 Å². The molecular weight excluding hydrogens is 316 g/mol. The van der Waals surface area contributed by atoms with Crippen LogP contribution in [-0.2, 0) is 11.2 Å². The fraction of sp³-hybridized carbons (Fsp3) is 0.500. The van der Waals surface area contributed by atoms with Gasteiger partial charge in [-0.25, -0.2) is 0 Å². The summed E-state index contributed by atoms with van der Waals surface area (Å²) in [6.45, 7) is 2.31. The number of piperidine rings is 1. The van der Waals surface area contributed by atoms with E-state index in [2.05, 4.69) is 29.4 Å². The molecule has 25 heavy (non-hydrogen) atoms. The van der Waals surface area contributed by atoms with Gasteiger partial charge in [0.25, 0.3) is 5.91 Å². The van der Waals surface area contributed by atoms with Gasteiger partial charge in [0.2, 0.25) is 0 Å². The fourth-order valence-corrected chi connectivity index (χ4v) is 3.56. The molecule has 1 aliphatic carbocycles. The van der Waals surface area contributed by atoms with Gasteiger partial charge in [-0.3, -0.25) is 4.79 Å². The van der Waals surface area contributed by atoms with E-state index in [-0.39, 0.29) is 12.0 Å². The molecule has 1 saturated heterocycles. The number of nitrogens with zero attached hydrogens (tertiary/aromatic N) is 2. The molecule has 5 nitrogen and oxygen atoms in total. The van der Waals surface area contributed by atoms with Gasteiger partial charge in [-0.15, -0.1) is 0 Å². The zero-order valence-corrected chi connectivity index (χ0v) is 14.3. The van der Waals surface area contributed by atoms with Crippen molar-refractivity contribution in [3.8, 4) is 0 Å². The average Bonchev–Trinajstić information content (AvgIpc) is 3.31. The van der Waals surface area contributed by atoms with Crippen LogP contribution in [0, 0.1) is 11.8 Å². The molecule has 0 unspecified atom stereocenters. The lowest BCUT2D eigenvalue weighted by molar-refractivity contribution is -0.0326.